The maximum atomic E-state index is 11.5. The number of hydrogen-bond donors (Lipinski definition) is 2. The number of nitrogens with zero attached hydrogens (tertiary/aromatic N) is 4. The molecule has 108 valence electrons. The lowest BCUT2D eigenvalue weighted by molar-refractivity contribution is -0.121. The van der Waals surface area contributed by atoms with Crippen LogP contribution in [0, 0.1) is 17.2 Å². The first-order valence-electron chi connectivity index (χ1n) is 6.45. The molecule has 1 atom stereocenters. The summed E-state index contributed by atoms with van der Waals surface area (Å²) in [6.07, 6.45) is 5.57. The Balaban J connectivity index is 1.96. The van der Waals surface area contributed by atoms with Crippen LogP contribution in [0.15, 0.2) is 30.7 Å². The van der Waals surface area contributed by atoms with Crippen LogP contribution in [-0.2, 0) is 18.3 Å². The van der Waals surface area contributed by atoms with Crippen molar-refractivity contribution in [2.24, 2.45) is 18.7 Å². The van der Waals surface area contributed by atoms with Gasteiger partial charge in [0.05, 0.1) is 17.7 Å². The van der Waals surface area contributed by atoms with Crippen LogP contribution in [0.5, 0.6) is 0 Å². The monoisotopic (exact) mass is 284 g/mol. The summed E-state index contributed by atoms with van der Waals surface area (Å²) < 4.78 is 1.68. The van der Waals surface area contributed by atoms with Gasteiger partial charge in [0.25, 0.3) is 0 Å². The molecular weight excluding hydrogens is 268 g/mol. The number of amides is 1. The second-order valence-electron chi connectivity index (χ2n) is 4.75. The van der Waals surface area contributed by atoms with Crippen molar-refractivity contribution in [3.63, 3.8) is 0 Å². The third kappa shape index (κ3) is 4.04. The summed E-state index contributed by atoms with van der Waals surface area (Å²) in [6.45, 7) is 0.378. The van der Waals surface area contributed by atoms with Crippen molar-refractivity contribution in [3.8, 4) is 6.07 Å². The van der Waals surface area contributed by atoms with E-state index in [1.807, 2.05) is 19.3 Å². The molecule has 0 unspecified atom stereocenters. The van der Waals surface area contributed by atoms with E-state index >= 15 is 0 Å². The number of hydrogen-bond acceptors (Lipinski definition) is 5. The molecule has 2 heterocycles. The predicted octanol–water partition coefficient (Wildman–Crippen LogP) is 0.443. The number of carbonyl (C=O) groups excluding carboxylic acids is 1. The van der Waals surface area contributed by atoms with E-state index in [-0.39, 0.29) is 11.8 Å². The lowest BCUT2D eigenvalue weighted by atomic mass is 10.0. The van der Waals surface area contributed by atoms with Crippen molar-refractivity contribution in [2.45, 2.75) is 6.42 Å². The molecule has 0 saturated carbocycles. The second-order valence-corrected chi connectivity index (χ2v) is 4.75. The van der Waals surface area contributed by atoms with Gasteiger partial charge in [-0.1, -0.05) is 0 Å². The number of aromatic nitrogens is 3. The Kier molecular flexibility index (Phi) is 4.51. The number of rotatable bonds is 6. The Hall–Kier alpha value is -2.88. The van der Waals surface area contributed by atoms with E-state index in [0.717, 1.165) is 5.56 Å². The summed E-state index contributed by atoms with van der Waals surface area (Å²) in [5.41, 5.74) is 6.87. The molecule has 7 heteroatoms. The fraction of sp³-hybridized carbons (Fsp3) is 0.286. The number of carbonyl (C=O) groups is 1. The zero-order valence-corrected chi connectivity index (χ0v) is 11.7. The highest BCUT2D eigenvalue weighted by Crippen LogP contribution is 2.10. The summed E-state index contributed by atoms with van der Waals surface area (Å²) in [5, 5.41) is 15.8. The third-order valence-corrected chi connectivity index (χ3v) is 3.06. The van der Waals surface area contributed by atoms with Gasteiger partial charge in [0.2, 0.25) is 5.91 Å². The Morgan fingerprint density at radius 2 is 2.33 bits per heavy atom. The van der Waals surface area contributed by atoms with E-state index in [2.05, 4.69) is 15.4 Å². The van der Waals surface area contributed by atoms with Gasteiger partial charge in [0.15, 0.2) is 0 Å². The number of nitriles is 1. The minimum atomic E-state index is -0.375. The highest BCUT2D eigenvalue weighted by atomic mass is 16.1. The number of nitrogens with two attached hydrogens (primary N) is 1. The van der Waals surface area contributed by atoms with Gasteiger partial charge in [-0.05, 0) is 24.1 Å². The van der Waals surface area contributed by atoms with Crippen molar-refractivity contribution in [3.05, 3.63) is 41.9 Å². The minimum Gasteiger partial charge on any atom is -0.369 e. The molecule has 2 aromatic heterocycles. The average Bonchev–Trinajstić information content (AvgIpc) is 2.89. The molecule has 7 nitrogen and oxygen atoms in total. The van der Waals surface area contributed by atoms with Gasteiger partial charge >= 0.3 is 0 Å². The molecule has 1 amide bonds. The van der Waals surface area contributed by atoms with Crippen LogP contribution in [-0.4, -0.2) is 27.2 Å². The summed E-state index contributed by atoms with van der Waals surface area (Å²) in [4.78, 5) is 15.6. The van der Waals surface area contributed by atoms with Crippen LogP contribution < -0.4 is 11.1 Å². The average molecular weight is 284 g/mol. The molecule has 2 rings (SSSR count). The maximum absolute atomic E-state index is 11.5. The fourth-order valence-electron chi connectivity index (χ4n) is 1.93. The molecule has 0 bridgehead atoms. The van der Waals surface area contributed by atoms with E-state index < -0.39 is 0 Å². The van der Waals surface area contributed by atoms with Crippen molar-refractivity contribution < 1.29 is 4.79 Å². The Morgan fingerprint density at radius 1 is 1.52 bits per heavy atom. The van der Waals surface area contributed by atoms with Crippen LogP contribution in [0.1, 0.15) is 11.1 Å². The second kappa shape index (κ2) is 6.52. The van der Waals surface area contributed by atoms with Gasteiger partial charge in [-0.2, -0.15) is 10.4 Å². The molecule has 0 aliphatic rings. The van der Waals surface area contributed by atoms with Crippen molar-refractivity contribution in [2.75, 3.05) is 11.9 Å². The topological polar surface area (TPSA) is 110 Å². The molecule has 0 fully saturated rings. The molecule has 0 spiro atoms. The number of anilines is 1. The molecule has 2 aromatic rings. The van der Waals surface area contributed by atoms with Crippen LogP contribution in [0.25, 0.3) is 0 Å². The quantitative estimate of drug-likeness (QED) is 0.800. The molecule has 0 aliphatic carbocycles. The lowest BCUT2D eigenvalue weighted by Crippen LogP contribution is -2.31. The third-order valence-electron chi connectivity index (χ3n) is 3.06. The zero-order chi connectivity index (χ0) is 15.2. The van der Waals surface area contributed by atoms with Crippen molar-refractivity contribution in [1.29, 1.82) is 5.26 Å². The van der Waals surface area contributed by atoms with E-state index in [4.69, 9.17) is 11.0 Å². The predicted molar refractivity (Wildman–Crippen MR) is 77.0 cm³/mol. The Morgan fingerprint density at radius 3 is 2.86 bits per heavy atom. The van der Waals surface area contributed by atoms with Gasteiger partial charge in [-0.25, -0.2) is 4.98 Å². The SMILES string of the molecule is Cn1cc(C[C@@H](CNc2ccc(C#N)cn2)C(N)=O)cn1. The number of nitrogens with one attached hydrogen (secondary N) is 1. The van der Waals surface area contributed by atoms with Gasteiger partial charge in [-0.3, -0.25) is 9.48 Å². The number of aryl methyl sites for hydroxylation is 1. The van der Waals surface area contributed by atoms with Crippen molar-refractivity contribution in [1.82, 2.24) is 14.8 Å². The lowest BCUT2D eigenvalue weighted by Gasteiger charge is -2.13. The highest BCUT2D eigenvalue weighted by molar-refractivity contribution is 5.77. The van der Waals surface area contributed by atoms with Gasteiger partial charge in [-0.15, -0.1) is 0 Å². The van der Waals surface area contributed by atoms with Crippen molar-refractivity contribution >= 4 is 11.7 Å². The van der Waals surface area contributed by atoms with Gasteiger partial charge in [0, 0.05) is 26.0 Å². The van der Waals surface area contributed by atoms with E-state index in [9.17, 15) is 4.79 Å². The summed E-state index contributed by atoms with van der Waals surface area (Å²) >= 11 is 0. The molecule has 0 aromatic carbocycles. The Bertz CT molecular complexity index is 655. The minimum absolute atomic E-state index is 0.355. The van der Waals surface area contributed by atoms with Gasteiger partial charge in [0.1, 0.15) is 11.9 Å². The van der Waals surface area contributed by atoms with E-state index in [0.29, 0.717) is 24.3 Å². The summed E-state index contributed by atoms with van der Waals surface area (Å²) in [7, 11) is 1.82. The highest BCUT2D eigenvalue weighted by Gasteiger charge is 2.17. The smallest absolute Gasteiger partial charge is 0.222 e. The van der Waals surface area contributed by atoms with Crippen LogP contribution in [0.3, 0.4) is 0 Å². The molecule has 0 radical (unpaired) electrons. The van der Waals surface area contributed by atoms with Gasteiger partial charge < -0.3 is 11.1 Å². The normalized spacial score (nSPS) is 11.6. The first-order chi connectivity index (χ1) is 10.1. The molecule has 0 saturated heterocycles. The molecule has 0 aliphatic heterocycles. The fourth-order valence-corrected chi connectivity index (χ4v) is 1.93. The zero-order valence-electron chi connectivity index (χ0n) is 11.7. The number of pyridine rings is 1. The van der Waals surface area contributed by atoms with Crippen LogP contribution in [0.2, 0.25) is 0 Å². The summed E-state index contributed by atoms with van der Waals surface area (Å²) in [6, 6.07) is 5.36. The first-order valence-corrected chi connectivity index (χ1v) is 6.45. The molecular formula is C14H16N6O. The van der Waals surface area contributed by atoms with Crippen LogP contribution >= 0.6 is 0 Å². The van der Waals surface area contributed by atoms with E-state index in [1.54, 1.807) is 23.0 Å². The largest absolute Gasteiger partial charge is 0.369 e. The Labute approximate surface area is 122 Å². The molecule has 21 heavy (non-hydrogen) atoms. The van der Waals surface area contributed by atoms with E-state index in [1.165, 1.54) is 6.20 Å². The first kappa shape index (κ1) is 14.5. The van der Waals surface area contributed by atoms with Crippen LogP contribution in [0.4, 0.5) is 5.82 Å². The summed E-state index contributed by atoms with van der Waals surface area (Å²) in [5.74, 6) is -0.127. The molecule has 3 N–H and O–H groups in total. The maximum Gasteiger partial charge on any atom is 0.222 e. The number of primary amides is 1. The standard InChI is InChI=1S/C14H16N6O/c1-20-9-11(7-19-20)4-12(14(16)21)8-18-13-3-2-10(5-15)6-17-13/h2-3,6-7,9,12H,4,8H2,1H3,(H2,16,21)(H,17,18)/t12-/m0/s1.